The highest BCUT2D eigenvalue weighted by Gasteiger charge is 2.09. The van der Waals surface area contributed by atoms with E-state index in [1.807, 2.05) is 12.1 Å². The monoisotopic (exact) mass is 306 g/mol. The molecule has 1 fully saturated rings. The summed E-state index contributed by atoms with van der Waals surface area (Å²) in [6, 6.07) is 8.20. The standard InChI is InChI=1S/C17H26N2OS/c1-15-8-3-4-9-16(15)21-14-17(20)18-10-7-13-19-11-5-2-6-12-19/h3-4,8-9H,2,5-7,10-14H2,1H3,(H,18,20). The smallest absolute Gasteiger partial charge is 0.230 e. The molecule has 1 N–H and O–H groups in total. The summed E-state index contributed by atoms with van der Waals surface area (Å²) in [7, 11) is 0. The molecular formula is C17H26N2OS. The third-order valence-electron chi connectivity index (χ3n) is 3.87. The normalized spacial score (nSPS) is 15.9. The molecule has 1 heterocycles. The van der Waals surface area contributed by atoms with Gasteiger partial charge in [-0.25, -0.2) is 0 Å². The molecule has 1 aliphatic rings. The number of nitrogens with zero attached hydrogens (tertiary/aromatic N) is 1. The Morgan fingerprint density at radius 2 is 2.00 bits per heavy atom. The Morgan fingerprint density at radius 1 is 1.24 bits per heavy atom. The second kappa shape index (κ2) is 9.11. The summed E-state index contributed by atoms with van der Waals surface area (Å²) >= 11 is 1.62. The van der Waals surface area contributed by atoms with E-state index >= 15 is 0 Å². The molecule has 21 heavy (non-hydrogen) atoms. The van der Waals surface area contributed by atoms with Crippen molar-refractivity contribution in [3.05, 3.63) is 29.8 Å². The second-order valence-corrected chi connectivity index (χ2v) is 6.68. The van der Waals surface area contributed by atoms with E-state index < -0.39 is 0 Å². The van der Waals surface area contributed by atoms with Crippen molar-refractivity contribution in [3.63, 3.8) is 0 Å². The largest absolute Gasteiger partial charge is 0.355 e. The number of likely N-dealkylation sites (tertiary alicyclic amines) is 1. The van der Waals surface area contributed by atoms with Crippen LogP contribution in [0.25, 0.3) is 0 Å². The summed E-state index contributed by atoms with van der Waals surface area (Å²) in [6.45, 7) is 6.46. The zero-order valence-corrected chi connectivity index (χ0v) is 13.8. The Labute approximate surface area is 132 Å². The number of carbonyl (C=O) groups excluding carboxylic acids is 1. The first-order valence-electron chi connectivity index (χ1n) is 7.93. The highest BCUT2D eigenvalue weighted by Crippen LogP contribution is 2.21. The quantitative estimate of drug-likeness (QED) is 0.620. The number of benzene rings is 1. The van der Waals surface area contributed by atoms with Gasteiger partial charge in [-0.15, -0.1) is 11.8 Å². The highest BCUT2D eigenvalue weighted by atomic mass is 32.2. The Bertz CT molecular complexity index is 444. The predicted octanol–water partition coefficient (Wildman–Crippen LogP) is 3.08. The van der Waals surface area contributed by atoms with Gasteiger partial charge in [-0.2, -0.15) is 0 Å². The molecule has 0 spiro atoms. The maximum atomic E-state index is 11.8. The number of hydrogen-bond acceptors (Lipinski definition) is 3. The Morgan fingerprint density at radius 3 is 2.76 bits per heavy atom. The van der Waals surface area contributed by atoms with Gasteiger partial charge in [-0.1, -0.05) is 24.6 Å². The molecule has 0 radical (unpaired) electrons. The molecule has 1 aromatic rings. The van der Waals surface area contributed by atoms with E-state index in [0.29, 0.717) is 5.75 Å². The fourth-order valence-electron chi connectivity index (χ4n) is 2.63. The van der Waals surface area contributed by atoms with Crippen LogP contribution in [-0.4, -0.2) is 42.7 Å². The molecule has 3 nitrogen and oxygen atoms in total. The van der Waals surface area contributed by atoms with Crippen LogP contribution in [-0.2, 0) is 4.79 Å². The molecule has 4 heteroatoms. The molecule has 2 rings (SSSR count). The summed E-state index contributed by atoms with van der Waals surface area (Å²) in [5.74, 6) is 0.649. The van der Waals surface area contributed by atoms with E-state index in [0.717, 1.165) is 19.5 Å². The number of nitrogens with one attached hydrogen (secondary N) is 1. The number of piperidine rings is 1. The van der Waals surface area contributed by atoms with E-state index in [4.69, 9.17) is 0 Å². The Hall–Kier alpha value is -1.00. The van der Waals surface area contributed by atoms with Crippen LogP contribution >= 0.6 is 11.8 Å². The molecule has 0 aliphatic carbocycles. The molecule has 0 atom stereocenters. The maximum Gasteiger partial charge on any atom is 0.230 e. The molecular weight excluding hydrogens is 280 g/mol. The van der Waals surface area contributed by atoms with E-state index in [1.165, 1.54) is 42.8 Å². The number of hydrogen-bond donors (Lipinski definition) is 1. The van der Waals surface area contributed by atoms with Crippen LogP contribution in [0.2, 0.25) is 0 Å². The van der Waals surface area contributed by atoms with Crippen LogP contribution in [0, 0.1) is 6.92 Å². The van der Waals surface area contributed by atoms with Gasteiger partial charge < -0.3 is 10.2 Å². The molecule has 1 aliphatic heterocycles. The first-order valence-corrected chi connectivity index (χ1v) is 8.92. The summed E-state index contributed by atoms with van der Waals surface area (Å²) < 4.78 is 0. The summed E-state index contributed by atoms with van der Waals surface area (Å²) in [6.07, 6.45) is 5.10. The van der Waals surface area contributed by atoms with Crippen LogP contribution in [0.1, 0.15) is 31.2 Å². The first-order chi connectivity index (χ1) is 10.3. The Balaban J connectivity index is 1.56. The van der Waals surface area contributed by atoms with Crippen LogP contribution < -0.4 is 5.32 Å². The van der Waals surface area contributed by atoms with Crippen molar-refractivity contribution in [1.82, 2.24) is 10.2 Å². The van der Waals surface area contributed by atoms with Gasteiger partial charge in [-0.3, -0.25) is 4.79 Å². The van der Waals surface area contributed by atoms with Gasteiger partial charge in [0, 0.05) is 11.4 Å². The number of rotatable bonds is 7. The van der Waals surface area contributed by atoms with Crippen molar-refractivity contribution in [1.29, 1.82) is 0 Å². The Kier molecular flexibility index (Phi) is 7.10. The van der Waals surface area contributed by atoms with Gasteiger partial charge in [0.05, 0.1) is 5.75 Å². The van der Waals surface area contributed by atoms with Gasteiger partial charge in [0.25, 0.3) is 0 Å². The van der Waals surface area contributed by atoms with Crippen molar-refractivity contribution < 1.29 is 4.79 Å². The minimum Gasteiger partial charge on any atom is -0.355 e. The molecule has 0 aromatic heterocycles. The van der Waals surface area contributed by atoms with E-state index in [2.05, 4.69) is 29.3 Å². The van der Waals surface area contributed by atoms with Crippen LogP contribution in [0.4, 0.5) is 0 Å². The fraction of sp³-hybridized carbons (Fsp3) is 0.588. The minimum atomic E-state index is 0.141. The van der Waals surface area contributed by atoms with Gasteiger partial charge in [0.2, 0.25) is 5.91 Å². The lowest BCUT2D eigenvalue weighted by Crippen LogP contribution is -2.33. The van der Waals surface area contributed by atoms with Crippen LogP contribution in [0.15, 0.2) is 29.2 Å². The zero-order valence-electron chi connectivity index (χ0n) is 12.9. The van der Waals surface area contributed by atoms with Gasteiger partial charge >= 0.3 is 0 Å². The SMILES string of the molecule is Cc1ccccc1SCC(=O)NCCCN1CCCCC1. The lowest BCUT2D eigenvalue weighted by atomic mass is 10.1. The number of aryl methyl sites for hydroxylation is 1. The van der Waals surface area contributed by atoms with Gasteiger partial charge in [-0.05, 0) is 57.5 Å². The van der Waals surface area contributed by atoms with Crippen molar-refractivity contribution in [3.8, 4) is 0 Å². The lowest BCUT2D eigenvalue weighted by Gasteiger charge is -2.26. The molecule has 1 saturated heterocycles. The molecule has 1 aromatic carbocycles. The summed E-state index contributed by atoms with van der Waals surface area (Å²) in [4.78, 5) is 15.5. The second-order valence-electron chi connectivity index (χ2n) is 5.66. The van der Waals surface area contributed by atoms with Crippen molar-refractivity contribution in [2.24, 2.45) is 0 Å². The number of carbonyl (C=O) groups is 1. The van der Waals surface area contributed by atoms with E-state index in [-0.39, 0.29) is 5.91 Å². The predicted molar refractivity (Wildman–Crippen MR) is 89.8 cm³/mol. The molecule has 0 saturated carbocycles. The molecule has 0 unspecified atom stereocenters. The third-order valence-corrected chi connectivity index (χ3v) is 5.05. The fourth-order valence-corrected chi connectivity index (χ4v) is 3.49. The lowest BCUT2D eigenvalue weighted by molar-refractivity contribution is -0.118. The summed E-state index contributed by atoms with van der Waals surface area (Å²) in [5, 5.41) is 3.03. The molecule has 1 amide bonds. The maximum absolute atomic E-state index is 11.8. The zero-order chi connectivity index (χ0) is 14.9. The highest BCUT2D eigenvalue weighted by molar-refractivity contribution is 8.00. The van der Waals surface area contributed by atoms with Crippen molar-refractivity contribution in [2.75, 3.05) is 31.9 Å². The number of thioether (sulfide) groups is 1. The first kappa shape index (κ1) is 16.4. The third kappa shape index (κ3) is 6.10. The van der Waals surface area contributed by atoms with Crippen molar-refractivity contribution >= 4 is 17.7 Å². The number of amides is 1. The van der Waals surface area contributed by atoms with Gasteiger partial charge in [0.1, 0.15) is 0 Å². The average Bonchev–Trinajstić information content (AvgIpc) is 2.52. The van der Waals surface area contributed by atoms with Crippen LogP contribution in [0.3, 0.4) is 0 Å². The van der Waals surface area contributed by atoms with E-state index in [1.54, 1.807) is 11.8 Å². The molecule has 116 valence electrons. The molecule has 0 bridgehead atoms. The van der Waals surface area contributed by atoms with Gasteiger partial charge in [0.15, 0.2) is 0 Å². The van der Waals surface area contributed by atoms with Crippen molar-refractivity contribution in [2.45, 2.75) is 37.5 Å². The minimum absolute atomic E-state index is 0.141. The van der Waals surface area contributed by atoms with E-state index in [9.17, 15) is 4.79 Å². The average molecular weight is 306 g/mol. The van der Waals surface area contributed by atoms with Crippen LogP contribution in [0.5, 0.6) is 0 Å². The topological polar surface area (TPSA) is 32.3 Å². The summed E-state index contributed by atoms with van der Waals surface area (Å²) in [5.41, 5.74) is 1.24.